The van der Waals surface area contributed by atoms with E-state index >= 15 is 0 Å². The minimum Gasteiger partial charge on any atom is -0.486 e. The summed E-state index contributed by atoms with van der Waals surface area (Å²) >= 11 is 5.78. The van der Waals surface area contributed by atoms with Gasteiger partial charge in [0.2, 0.25) is 5.91 Å². The zero-order valence-corrected chi connectivity index (χ0v) is 15.4. The molecule has 1 aliphatic rings. The van der Waals surface area contributed by atoms with Gasteiger partial charge in [0, 0.05) is 17.6 Å². The fraction of sp³-hybridized carbons (Fsp3) is 0.278. The van der Waals surface area contributed by atoms with Gasteiger partial charge in [0.05, 0.1) is 11.5 Å². The molecule has 0 spiro atoms. The topological polar surface area (TPSA) is 93.9 Å². The molecule has 0 radical (unpaired) electrons. The Morgan fingerprint density at radius 1 is 1.22 bits per heavy atom. The van der Waals surface area contributed by atoms with Gasteiger partial charge in [-0.15, -0.1) is 0 Å². The van der Waals surface area contributed by atoms with Crippen LogP contribution in [0.4, 0.5) is 11.4 Å². The second kappa shape index (κ2) is 8.24. The molecule has 0 aliphatic carbocycles. The van der Waals surface area contributed by atoms with Crippen LogP contribution in [0.3, 0.4) is 0 Å². The number of carbonyl (C=O) groups is 1. The number of amides is 1. The molecule has 9 heteroatoms. The Morgan fingerprint density at radius 3 is 2.70 bits per heavy atom. The second-order valence-corrected chi connectivity index (χ2v) is 6.55. The van der Waals surface area contributed by atoms with E-state index in [4.69, 9.17) is 21.1 Å². The predicted octanol–water partition coefficient (Wildman–Crippen LogP) is 3.09. The lowest BCUT2D eigenvalue weighted by atomic mass is 10.2. The second-order valence-electron chi connectivity index (χ2n) is 6.12. The van der Waals surface area contributed by atoms with Gasteiger partial charge in [0.1, 0.15) is 18.9 Å². The molecule has 0 saturated heterocycles. The first-order valence-corrected chi connectivity index (χ1v) is 8.61. The van der Waals surface area contributed by atoms with Crippen molar-refractivity contribution in [3.8, 4) is 11.5 Å². The van der Waals surface area contributed by atoms with Crippen molar-refractivity contribution in [2.24, 2.45) is 0 Å². The highest BCUT2D eigenvalue weighted by molar-refractivity contribution is 6.31. The van der Waals surface area contributed by atoms with E-state index in [0.717, 1.165) is 5.56 Å². The number of fused-ring (bicyclic) bond motifs is 1. The molecule has 0 bridgehead atoms. The Bertz CT molecular complexity index is 874. The predicted molar refractivity (Wildman–Crippen MR) is 101 cm³/mol. The van der Waals surface area contributed by atoms with Crippen molar-refractivity contribution in [3.63, 3.8) is 0 Å². The van der Waals surface area contributed by atoms with E-state index in [9.17, 15) is 14.9 Å². The van der Waals surface area contributed by atoms with Crippen LogP contribution in [0.2, 0.25) is 5.02 Å². The molecule has 1 amide bonds. The number of nitro groups is 1. The summed E-state index contributed by atoms with van der Waals surface area (Å²) in [5.41, 5.74) is 0.833. The Balaban J connectivity index is 1.60. The molecule has 0 atom stereocenters. The average molecular weight is 392 g/mol. The van der Waals surface area contributed by atoms with Crippen molar-refractivity contribution >= 4 is 28.9 Å². The smallest absolute Gasteiger partial charge is 0.294 e. The first kappa shape index (κ1) is 18.9. The summed E-state index contributed by atoms with van der Waals surface area (Å²) in [7, 11) is 1.78. The molecule has 0 fully saturated rings. The zero-order valence-electron chi connectivity index (χ0n) is 14.6. The maximum absolute atomic E-state index is 12.3. The minimum absolute atomic E-state index is 0.0637. The number of benzene rings is 2. The molecule has 0 saturated carbocycles. The summed E-state index contributed by atoms with van der Waals surface area (Å²) in [6.45, 7) is 1.61. The fourth-order valence-corrected chi connectivity index (χ4v) is 2.92. The highest BCUT2D eigenvalue weighted by atomic mass is 35.5. The quantitative estimate of drug-likeness (QED) is 0.600. The monoisotopic (exact) mass is 391 g/mol. The number of nitro benzene ring substituents is 1. The van der Waals surface area contributed by atoms with E-state index in [1.807, 2.05) is 18.2 Å². The standard InChI is InChI=1S/C18H18ClN3O5/c1-21(10-12-2-5-16-17(8-12)27-7-6-26-16)11-18(23)20-14-4-3-13(19)9-15(14)22(24)25/h2-5,8-9H,6-7,10-11H2,1H3,(H,20,23). The van der Waals surface area contributed by atoms with Gasteiger partial charge in [0.25, 0.3) is 5.69 Å². The molecule has 1 N–H and O–H groups in total. The van der Waals surface area contributed by atoms with Crippen LogP contribution in [0.25, 0.3) is 0 Å². The number of likely N-dealkylation sites (N-methyl/N-ethyl adjacent to an activating group) is 1. The van der Waals surface area contributed by atoms with Gasteiger partial charge >= 0.3 is 0 Å². The van der Waals surface area contributed by atoms with Gasteiger partial charge in [-0.2, -0.15) is 0 Å². The Kier molecular flexibility index (Phi) is 5.78. The van der Waals surface area contributed by atoms with Crippen molar-refractivity contribution in [1.82, 2.24) is 4.90 Å². The number of rotatable bonds is 6. The van der Waals surface area contributed by atoms with Crippen LogP contribution in [0.1, 0.15) is 5.56 Å². The van der Waals surface area contributed by atoms with E-state index in [1.54, 1.807) is 11.9 Å². The molecule has 3 rings (SSSR count). The number of anilines is 1. The lowest BCUT2D eigenvalue weighted by Gasteiger charge is -2.21. The molecule has 27 heavy (non-hydrogen) atoms. The minimum atomic E-state index is -0.583. The first-order chi connectivity index (χ1) is 12.9. The van der Waals surface area contributed by atoms with Crippen LogP contribution < -0.4 is 14.8 Å². The first-order valence-electron chi connectivity index (χ1n) is 8.23. The van der Waals surface area contributed by atoms with Gasteiger partial charge < -0.3 is 14.8 Å². The van der Waals surface area contributed by atoms with Gasteiger partial charge in [-0.3, -0.25) is 19.8 Å². The molecule has 142 valence electrons. The molecule has 8 nitrogen and oxygen atoms in total. The third-order valence-corrected chi connectivity index (χ3v) is 4.14. The lowest BCUT2D eigenvalue weighted by molar-refractivity contribution is -0.383. The van der Waals surface area contributed by atoms with Crippen LogP contribution in [0, 0.1) is 10.1 Å². The van der Waals surface area contributed by atoms with Gasteiger partial charge in [-0.25, -0.2) is 0 Å². The van der Waals surface area contributed by atoms with Crippen molar-refractivity contribution in [3.05, 3.63) is 57.1 Å². The van der Waals surface area contributed by atoms with Crippen LogP contribution in [-0.4, -0.2) is 42.5 Å². The van der Waals surface area contributed by atoms with Crippen molar-refractivity contribution in [1.29, 1.82) is 0 Å². The summed E-state index contributed by atoms with van der Waals surface area (Å²) in [6, 6.07) is 9.74. The fourth-order valence-electron chi connectivity index (χ4n) is 2.75. The third-order valence-electron chi connectivity index (χ3n) is 3.90. The largest absolute Gasteiger partial charge is 0.486 e. The van der Waals surface area contributed by atoms with E-state index in [2.05, 4.69) is 5.32 Å². The number of ether oxygens (including phenoxy) is 2. The number of halogens is 1. The Hall–Kier alpha value is -2.84. The summed E-state index contributed by atoms with van der Waals surface area (Å²) in [5, 5.41) is 13.9. The third kappa shape index (κ3) is 4.87. The maximum atomic E-state index is 12.3. The summed E-state index contributed by atoms with van der Waals surface area (Å²) in [4.78, 5) is 24.6. The van der Waals surface area contributed by atoms with Crippen LogP contribution in [-0.2, 0) is 11.3 Å². The molecular weight excluding hydrogens is 374 g/mol. The Morgan fingerprint density at radius 2 is 1.96 bits per heavy atom. The zero-order chi connectivity index (χ0) is 19.4. The SMILES string of the molecule is CN(CC(=O)Nc1ccc(Cl)cc1[N+](=O)[O-])Cc1ccc2c(c1)OCCO2. The average Bonchev–Trinajstić information content (AvgIpc) is 2.62. The van der Waals surface area contributed by atoms with Crippen molar-refractivity contribution < 1.29 is 19.2 Å². The maximum Gasteiger partial charge on any atom is 0.294 e. The van der Waals surface area contributed by atoms with E-state index in [-0.39, 0.29) is 28.8 Å². The van der Waals surface area contributed by atoms with Crippen molar-refractivity contribution in [2.45, 2.75) is 6.54 Å². The molecule has 2 aromatic carbocycles. The van der Waals surface area contributed by atoms with Crippen LogP contribution >= 0.6 is 11.6 Å². The van der Waals surface area contributed by atoms with Crippen LogP contribution in [0.15, 0.2) is 36.4 Å². The molecule has 1 heterocycles. The van der Waals surface area contributed by atoms with E-state index < -0.39 is 4.92 Å². The van der Waals surface area contributed by atoms with E-state index in [0.29, 0.717) is 31.3 Å². The Labute approximate surface area is 160 Å². The highest BCUT2D eigenvalue weighted by Crippen LogP contribution is 2.31. The van der Waals surface area contributed by atoms with Gasteiger partial charge in [0.15, 0.2) is 11.5 Å². The van der Waals surface area contributed by atoms with Crippen molar-refractivity contribution in [2.75, 3.05) is 32.1 Å². The summed E-state index contributed by atoms with van der Waals surface area (Å²) in [6.07, 6.45) is 0. The number of hydrogen-bond donors (Lipinski definition) is 1. The number of hydrogen-bond acceptors (Lipinski definition) is 6. The highest BCUT2D eigenvalue weighted by Gasteiger charge is 2.18. The summed E-state index contributed by atoms with van der Waals surface area (Å²) in [5.74, 6) is 1.04. The van der Waals surface area contributed by atoms with E-state index in [1.165, 1.54) is 18.2 Å². The van der Waals surface area contributed by atoms with Crippen LogP contribution in [0.5, 0.6) is 11.5 Å². The molecule has 0 aromatic heterocycles. The summed E-state index contributed by atoms with van der Waals surface area (Å²) < 4.78 is 11.0. The van der Waals surface area contributed by atoms with Gasteiger partial charge in [-0.1, -0.05) is 17.7 Å². The molecular formula is C18H18ClN3O5. The molecule has 1 aliphatic heterocycles. The number of carbonyl (C=O) groups excluding carboxylic acids is 1. The number of nitrogens with zero attached hydrogens (tertiary/aromatic N) is 2. The normalized spacial score (nSPS) is 12.7. The number of nitrogens with one attached hydrogen (secondary N) is 1. The molecule has 0 unspecified atom stereocenters. The van der Waals surface area contributed by atoms with Gasteiger partial charge in [-0.05, 0) is 36.9 Å². The molecule has 2 aromatic rings. The lowest BCUT2D eigenvalue weighted by Crippen LogP contribution is -2.30.